The molecular weight excluding hydrogens is 458 g/mol. The Morgan fingerprint density at radius 3 is 1.34 bits per heavy atom. The molecule has 0 heterocycles. The summed E-state index contributed by atoms with van der Waals surface area (Å²) < 4.78 is 0. The molecule has 4 aromatic rings. The fourth-order valence-corrected chi connectivity index (χ4v) is 4.80. The lowest BCUT2D eigenvalue weighted by atomic mass is 9.87. The summed E-state index contributed by atoms with van der Waals surface area (Å²) in [7, 11) is 0.246. The molecule has 0 aliphatic carbocycles. The summed E-state index contributed by atoms with van der Waals surface area (Å²) in [5.74, 6) is 0. The van der Waals surface area contributed by atoms with Gasteiger partial charge in [0.2, 0.25) is 0 Å². The molecule has 5 heteroatoms. The lowest BCUT2D eigenvalue weighted by Gasteiger charge is -2.17. The third-order valence-corrected chi connectivity index (χ3v) is 6.79. The number of halogens is 3. The Kier molecular flexibility index (Phi) is 6.35. The summed E-state index contributed by atoms with van der Waals surface area (Å²) in [5, 5.41) is 3.25. The van der Waals surface area contributed by atoms with Crippen molar-refractivity contribution in [1.29, 1.82) is 0 Å². The van der Waals surface area contributed by atoms with Gasteiger partial charge in [0.05, 0.1) is 0 Å². The maximum atomic E-state index is 6.16. The van der Waals surface area contributed by atoms with Crippen LogP contribution in [-0.4, -0.2) is 0 Å². The summed E-state index contributed by atoms with van der Waals surface area (Å²) in [5.41, 5.74) is 6.63. The molecule has 1 atom stereocenters. The van der Waals surface area contributed by atoms with Crippen LogP contribution in [0.1, 0.15) is 0 Å². The van der Waals surface area contributed by atoms with Crippen LogP contribution in [-0.2, 0) is 11.8 Å². The van der Waals surface area contributed by atoms with Gasteiger partial charge in [0, 0.05) is 26.2 Å². The zero-order valence-electron chi connectivity index (χ0n) is 15.1. The van der Waals surface area contributed by atoms with Crippen molar-refractivity contribution in [2.75, 3.05) is 0 Å². The molecule has 142 valence electrons. The molecule has 0 bridgehead atoms. The van der Waals surface area contributed by atoms with Gasteiger partial charge in [0.15, 0.2) is 24.5 Å². The predicted octanol–water partition coefficient (Wildman–Crippen LogP) is 8.41. The van der Waals surface area contributed by atoms with Gasteiger partial charge in [0.1, 0.15) is 0 Å². The third kappa shape index (κ3) is 4.40. The lowest BCUT2D eigenvalue weighted by molar-refractivity contribution is 1.57. The van der Waals surface area contributed by atoms with Crippen LogP contribution in [0.5, 0.6) is 0 Å². The van der Waals surface area contributed by atoms with Crippen molar-refractivity contribution in [2.24, 2.45) is 0 Å². The molecule has 0 N–H and O–H groups in total. The van der Waals surface area contributed by atoms with Gasteiger partial charge < -0.3 is 0 Å². The number of hydrogen-bond acceptors (Lipinski definition) is 1. The lowest BCUT2D eigenvalue weighted by Crippen LogP contribution is -2.03. The summed E-state index contributed by atoms with van der Waals surface area (Å²) in [6.07, 6.45) is 0. The van der Waals surface area contributed by atoms with E-state index in [1.165, 1.54) is 0 Å². The average Bonchev–Trinajstić information content (AvgIpc) is 2.75. The first-order valence-corrected chi connectivity index (χ1v) is 12.2. The second-order valence-electron chi connectivity index (χ2n) is 6.53. The highest BCUT2D eigenvalue weighted by atomic mass is 35.5. The largest absolute Gasteiger partial charge is 0.198 e. The van der Waals surface area contributed by atoms with E-state index < -0.39 is 0 Å². The van der Waals surface area contributed by atoms with Crippen LogP contribution in [0.2, 0.25) is 15.1 Å². The van der Waals surface area contributed by atoms with Gasteiger partial charge in [-0.3, -0.25) is 0 Å². The van der Waals surface area contributed by atoms with Crippen LogP contribution in [0.4, 0.5) is 0 Å². The van der Waals surface area contributed by atoms with Gasteiger partial charge >= 0.3 is 0 Å². The van der Waals surface area contributed by atoms with Crippen molar-refractivity contribution < 1.29 is 0 Å². The Morgan fingerprint density at radius 1 is 0.483 bits per heavy atom. The first kappa shape index (κ1) is 20.5. The van der Waals surface area contributed by atoms with E-state index in [2.05, 4.69) is 12.1 Å². The van der Waals surface area contributed by atoms with Crippen LogP contribution >= 0.6 is 42.2 Å². The monoisotopic (exact) mass is 471 g/mol. The Labute approximate surface area is 191 Å². The Bertz CT molecular complexity index is 1170. The summed E-state index contributed by atoms with van der Waals surface area (Å²) in [6.45, 7) is 0. The first-order valence-electron chi connectivity index (χ1n) is 8.90. The Morgan fingerprint density at radius 2 is 0.897 bits per heavy atom. The third-order valence-electron chi connectivity index (χ3n) is 4.74. The van der Waals surface area contributed by atoms with Crippen molar-refractivity contribution in [3.05, 3.63) is 100.0 Å². The summed E-state index contributed by atoms with van der Waals surface area (Å²) >= 11 is 23.9. The normalized spacial score (nSPS) is 11.0. The second kappa shape index (κ2) is 8.96. The molecule has 0 aliphatic rings. The van der Waals surface area contributed by atoms with Gasteiger partial charge in [-0.05, 0) is 70.8 Å². The molecule has 1 unspecified atom stereocenters. The standard InChI is InChI=1S/C24H14Cl3PS/c25-18-7-1-15(2-8-18)21-13-14-22(28-29)24(17-5-11-20(27)12-6-17)23(21)16-3-9-19(26)10-4-16/h1-14H/p+1. The van der Waals surface area contributed by atoms with E-state index in [9.17, 15) is 0 Å². The van der Waals surface area contributed by atoms with Crippen molar-refractivity contribution >= 4 is 59.3 Å². The van der Waals surface area contributed by atoms with Gasteiger partial charge in [-0.1, -0.05) is 71.2 Å². The molecule has 29 heavy (non-hydrogen) atoms. The van der Waals surface area contributed by atoms with Crippen LogP contribution in [0.25, 0.3) is 33.4 Å². The molecule has 0 aliphatic heterocycles. The number of benzene rings is 4. The molecule has 4 aromatic carbocycles. The minimum absolute atomic E-state index is 0.246. The van der Waals surface area contributed by atoms with Gasteiger partial charge in [-0.15, -0.1) is 0 Å². The molecular formula is C24H15Cl3PS+. The highest BCUT2D eigenvalue weighted by Gasteiger charge is 2.20. The average molecular weight is 473 g/mol. The number of rotatable bonds is 4. The number of hydrogen-bond donors (Lipinski definition) is 0. The maximum Gasteiger partial charge on any atom is 0.198 e. The second-order valence-corrected chi connectivity index (χ2v) is 9.20. The van der Waals surface area contributed by atoms with E-state index in [4.69, 9.17) is 46.6 Å². The van der Waals surface area contributed by atoms with Crippen molar-refractivity contribution in [2.45, 2.75) is 0 Å². The fourth-order valence-electron chi connectivity index (χ4n) is 3.39. The predicted molar refractivity (Wildman–Crippen MR) is 133 cm³/mol. The van der Waals surface area contributed by atoms with Crippen molar-refractivity contribution in [1.82, 2.24) is 0 Å². The molecule has 0 saturated carbocycles. The van der Waals surface area contributed by atoms with E-state index in [0.29, 0.717) is 15.1 Å². The highest BCUT2D eigenvalue weighted by Crippen LogP contribution is 2.41. The molecule has 0 saturated heterocycles. The van der Waals surface area contributed by atoms with Crippen LogP contribution in [0.3, 0.4) is 0 Å². The molecule has 4 rings (SSSR count). The van der Waals surface area contributed by atoms with E-state index in [1.54, 1.807) is 0 Å². The topological polar surface area (TPSA) is 0 Å². The van der Waals surface area contributed by atoms with Gasteiger partial charge in [-0.25, -0.2) is 0 Å². The minimum Gasteiger partial charge on any atom is -0.0843 e. The molecule has 0 fully saturated rings. The molecule has 0 amide bonds. The van der Waals surface area contributed by atoms with E-state index in [0.717, 1.165) is 38.7 Å². The SMILES string of the molecule is S=[PH+]c1ccc(-c2ccc(Cl)cc2)c(-c2ccc(Cl)cc2)c1-c1ccc(Cl)cc1. The fraction of sp³-hybridized carbons (Fsp3) is 0. The molecule has 0 aromatic heterocycles. The van der Waals surface area contributed by atoms with E-state index in [1.807, 2.05) is 72.8 Å². The van der Waals surface area contributed by atoms with E-state index >= 15 is 0 Å². The van der Waals surface area contributed by atoms with Crippen LogP contribution < -0.4 is 5.30 Å². The van der Waals surface area contributed by atoms with Crippen molar-refractivity contribution in [3.8, 4) is 33.4 Å². The Hall–Kier alpha value is -1.73. The molecule has 0 spiro atoms. The van der Waals surface area contributed by atoms with Crippen LogP contribution in [0.15, 0.2) is 84.9 Å². The summed E-state index contributed by atoms with van der Waals surface area (Å²) in [4.78, 5) is 0. The Balaban J connectivity index is 2.07. The zero-order valence-corrected chi connectivity index (χ0v) is 19.2. The van der Waals surface area contributed by atoms with Gasteiger partial charge in [-0.2, -0.15) is 0 Å². The minimum atomic E-state index is 0.246. The quantitative estimate of drug-likeness (QED) is 0.269. The van der Waals surface area contributed by atoms with Crippen molar-refractivity contribution in [3.63, 3.8) is 0 Å². The molecule has 0 radical (unpaired) electrons. The first-order chi connectivity index (χ1) is 14.1. The molecule has 0 nitrogen and oxygen atoms in total. The smallest absolute Gasteiger partial charge is 0.0843 e. The van der Waals surface area contributed by atoms with Crippen LogP contribution in [0, 0.1) is 0 Å². The van der Waals surface area contributed by atoms with Gasteiger partial charge in [0.25, 0.3) is 0 Å². The summed E-state index contributed by atoms with van der Waals surface area (Å²) in [6, 6.07) is 28.0. The maximum absolute atomic E-state index is 6.16. The van der Waals surface area contributed by atoms with E-state index in [-0.39, 0.29) is 7.36 Å². The zero-order chi connectivity index (χ0) is 20.4. The highest BCUT2D eigenvalue weighted by molar-refractivity contribution is 7.99.